The third-order valence-corrected chi connectivity index (χ3v) is 4.98. The molecule has 1 saturated heterocycles. The zero-order valence-corrected chi connectivity index (χ0v) is 16.0. The van der Waals surface area contributed by atoms with Gasteiger partial charge in [-0.2, -0.15) is 0 Å². The van der Waals surface area contributed by atoms with Crippen molar-refractivity contribution in [3.63, 3.8) is 0 Å². The molecule has 0 aliphatic carbocycles. The Balaban J connectivity index is 1.42. The molecule has 148 valence electrons. The average molecular weight is 390 g/mol. The van der Waals surface area contributed by atoms with E-state index in [0.717, 1.165) is 36.4 Å². The molecule has 1 amide bonds. The fourth-order valence-electron chi connectivity index (χ4n) is 3.36. The van der Waals surface area contributed by atoms with Gasteiger partial charge < -0.3 is 14.6 Å². The van der Waals surface area contributed by atoms with Gasteiger partial charge in [0.25, 0.3) is 5.91 Å². The summed E-state index contributed by atoms with van der Waals surface area (Å²) in [6.07, 6.45) is 6.11. The van der Waals surface area contributed by atoms with Crippen LogP contribution in [0.25, 0.3) is 11.3 Å². The molecule has 0 radical (unpaired) electrons. The van der Waals surface area contributed by atoms with Gasteiger partial charge in [0.2, 0.25) is 0 Å². The fraction of sp³-hybridized carbons (Fsp3) is 0.273. The largest absolute Gasteiger partial charge is 0.430 e. The van der Waals surface area contributed by atoms with Gasteiger partial charge in [-0.15, -0.1) is 10.2 Å². The lowest BCUT2D eigenvalue weighted by molar-refractivity contribution is 0.102. The van der Waals surface area contributed by atoms with Crippen LogP contribution in [0.15, 0.2) is 64.0 Å². The van der Waals surface area contributed by atoms with Crippen molar-refractivity contribution >= 4 is 17.4 Å². The first-order valence-corrected chi connectivity index (χ1v) is 9.78. The van der Waals surface area contributed by atoms with Gasteiger partial charge in [-0.3, -0.25) is 4.79 Å². The van der Waals surface area contributed by atoms with Crippen molar-refractivity contribution in [1.82, 2.24) is 10.2 Å². The molecule has 4 rings (SSSR count). The Morgan fingerprint density at radius 3 is 2.28 bits per heavy atom. The monoisotopic (exact) mass is 390 g/mol. The van der Waals surface area contributed by atoms with Crippen molar-refractivity contribution < 1.29 is 9.21 Å². The number of hydrogen-bond donors (Lipinski definition) is 1. The summed E-state index contributed by atoms with van der Waals surface area (Å²) in [6.45, 7) is 2.07. The molecule has 0 atom stereocenters. The van der Waals surface area contributed by atoms with E-state index in [1.54, 1.807) is 12.1 Å². The van der Waals surface area contributed by atoms with E-state index in [-0.39, 0.29) is 11.5 Å². The topological polar surface area (TPSA) is 88.3 Å². The number of nitrogens with zero attached hydrogens (tertiary/aromatic N) is 3. The van der Waals surface area contributed by atoms with Crippen molar-refractivity contribution in [2.45, 2.75) is 25.7 Å². The van der Waals surface area contributed by atoms with E-state index >= 15 is 0 Å². The number of amides is 1. The van der Waals surface area contributed by atoms with Gasteiger partial charge in [0.05, 0.1) is 11.3 Å². The molecule has 7 nitrogen and oxygen atoms in total. The highest BCUT2D eigenvalue weighted by Crippen LogP contribution is 2.22. The summed E-state index contributed by atoms with van der Waals surface area (Å²) in [5.41, 5.74) is 2.13. The van der Waals surface area contributed by atoms with Crippen molar-refractivity contribution in [3.05, 3.63) is 70.8 Å². The first kappa shape index (κ1) is 18.9. The molecule has 1 aliphatic heterocycles. The van der Waals surface area contributed by atoms with Crippen LogP contribution in [0.1, 0.15) is 36.0 Å². The van der Waals surface area contributed by atoms with Gasteiger partial charge in [0, 0.05) is 30.4 Å². The lowest BCUT2D eigenvalue weighted by Crippen LogP contribution is -2.25. The number of carbonyl (C=O) groups excluding carboxylic acids is 1. The fourth-order valence-corrected chi connectivity index (χ4v) is 3.36. The maximum Gasteiger partial charge on any atom is 0.335 e. The Bertz CT molecular complexity index is 1000. The first-order chi connectivity index (χ1) is 14.2. The Kier molecular flexibility index (Phi) is 5.65. The van der Waals surface area contributed by atoms with Crippen LogP contribution in [0, 0.1) is 0 Å². The van der Waals surface area contributed by atoms with E-state index in [1.807, 2.05) is 24.3 Å². The number of hydrogen-bond acceptors (Lipinski definition) is 6. The SMILES string of the molecule is O=C(Nc1ccc(-c2ccc(N3CCCCCC3)nn2)cc1)c1ccc(=O)oc1. The molecule has 3 aromatic rings. The molecule has 1 N–H and O–H groups in total. The van der Waals surface area contributed by atoms with Crippen LogP contribution in [0.3, 0.4) is 0 Å². The summed E-state index contributed by atoms with van der Waals surface area (Å²) < 4.78 is 4.72. The van der Waals surface area contributed by atoms with Crippen LogP contribution in [0.5, 0.6) is 0 Å². The molecular formula is C22H22N4O3. The Hall–Kier alpha value is -3.48. The summed E-state index contributed by atoms with van der Waals surface area (Å²) in [4.78, 5) is 25.5. The highest BCUT2D eigenvalue weighted by atomic mass is 16.4. The molecule has 0 saturated carbocycles. The van der Waals surface area contributed by atoms with Crippen LogP contribution in [-0.2, 0) is 0 Å². The molecule has 1 aliphatic rings. The minimum atomic E-state index is -0.492. The molecule has 1 fully saturated rings. The summed E-state index contributed by atoms with van der Waals surface area (Å²) >= 11 is 0. The van der Waals surface area contributed by atoms with Crippen molar-refractivity contribution in [1.29, 1.82) is 0 Å². The highest BCUT2D eigenvalue weighted by Gasteiger charge is 2.12. The first-order valence-electron chi connectivity index (χ1n) is 9.78. The number of nitrogens with one attached hydrogen (secondary N) is 1. The minimum absolute atomic E-state index is 0.281. The quantitative estimate of drug-likeness (QED) is 0.730. The molecule has 7 heteroatoms. The van der Waals surface area contributed by atoms with Gasteiger partial charge in [-0.25, -0.2) is 4.79 Å². The molecule has 3 heterocycles. The van der Waals surface area contributed by atoms with E-state index in [9.17, 15) is 9.59 Å². The average Bonchev–Trinajstić information content (AvgIpc) is 3.04. The van der Waals surface area contributed by atoms with Crippen molar-refractivity contribution in [2.75, 3.05) is 23.3 Å². The maximum absolute atomic E-state index is 12.2. The molecule has 0 bridgehead atoms. The number of anilines is 2. The van der Waals surface area contributed by atoms with Gasteiger partial charge in [0.1, 0.15) is 6.26 Å². The lowest BCUT2D eigenvalue weighted by Gasteiger charge is -2.20. The van der Waals surface area contributed by atoms with E-state index in [2.05, 4.69) is 20.4 Å². The smallest absolute Gasteiger partial charge is 0.335 e. The van der Waals surface area contributed by atoms with Gasteiger partial charge in [-0.1, -0.05) is 25.0 Å². The van der Waals surface area contributed by atoms with Gasteiger partial charge in [-0.05, 0) is 43.2 Å². The number of benzene rings is 1. The Morgan fingerprint density at radius 2 is 1.66 bits per heavy atom. The molecule has 0 spiro atoms. The van der Waals surface area contributed by atoms with Crippen LogP contribution < -0.4 is 15.8 Å². The predicted molar refractivity (Wildman–Crippen MR) is 111 cm³/mol. The summed E-state index contributed by atoms with van der Waals surface area (Å²) in [5, 5.41) is 11.6. The second-order valence-corrected chi connectivity index (χ2v) is 7.05. The zero-order chi connectivity index (χ0) is 20.1. The lowest BCUT2D eigenvalue weighted by atomic mass is 10.1. The number of carbonyl (C=O) groups is 1. The van der Waals surface area contributed by atoms with E-state index in [4.69, 9.17) is 4.42 Å². The van der Waals surface area contributed by atoms with Crippen LogP contribution >= 0.6 is 0 Å². The Labute approximate surface area is 168 Å². The van der Waals surface area contributed by atoms with Crippen LogP contribution in [-0.4, -0.2) is 29.2 Å². The maximum atomic E-state index is 12.2. The minimum Gasteiger partial charge on any atom is -0.430 e. The summed E-state index contributed by atoms with van der Waals surface area (Å²) in [5.74, 6) is 0.581. The molecular weight excluding hydrogens is 368 g/mol. The van der Waals surface area contributed by atoms with E-state index < -0.39 is 5.63 Å². The van der Waals surface area contributed by atoms with Crippen molar-refractivity contribution in [3.8, 4) is 11.3 Å². The zero-order valence-electron chi connectivity index (χ0n) is 16.0. The third-order valence-electron chi connectivity index (χ3n) is 4.98. The van der Waals surface area contributed by atoms with Crippen LogP contribution in [0.2, 0.25) is 0 Å². The van der Waals surface area contributed by atoms with E-state index in [0.29, 0.717) is 5.69 Å². The van der Waals surface area contributed by atoms with Crippen molar-refractivity contribution in [2.24, 2.45) is 0 Å². The van der Waals surface area contributed by atoms with E-state index in [1.165, 1.54) is 37.8 Å². The highest BCUT2D eigenvalue weighted by molar-refractivity contribution is 6.04. The van der Waals surface area contributed by atoms with Gasteiger partial charge >= 0.3 is 5.63 Å². The third kappa shape index (κ3) is 4.68. The molecule has 2 aromatic heterocycles. The molecule has 29 heavy (non-hydrogen) atoms. The number of aromatic nitrogens is 2. The standard InChI is InChI=1S/C22H22N4O3/c27-21-12-7-17(15-29-21)22(28)23-18-8-5-16(6-9-18)19-10-11-20(25-24-19)26-13-3-1-2-4-14-26/h5-12,15H,1-4,13-14H2,(H,23,28). The summed E-state index contributed by atoms with van der Waals surface area (Å²) in [6, 6.07) is 14.0. The van der Waals surface area contributed by atoms with Gasteiger partial charge in [0.15, 0.2) is 5.82 Å². The predicted octanol–water partition coefficient (Wildman–Crippen LogP) is 3.73. The summed E-state index contributed by atoms with van der Waals surface area (Å²) in [7, 11) is 0. The van der Waals surface area contributed by atoms with Crippen LogP contribution in [0.4, 0.5) is 11.5 Å². The second-order valence-electron chi connectivity index (χ2n) is 7.05. The normalized spacial score (nSPS) is 14.3. The Morgan fingerprint density at radius 1 is 0.897 bits per heavy atom. The molecule has 1 aromatic carbocycles. The molecule has 0 unspecified atom stereocenters. The second kappa shape index (κ2) is 8.68. The number of rotatable bonds is 4.